The molecule has 2 heterocycles. The van der Waals surface area contributed by atoms with Gasteiger partial charge in [-0.05, 0) is 29.8 Å². The van der Waals surface area contributed by atoms with Gasteiger partial charge in [-0.2, -0.15) is 0 Å². The van der Waals surface area contributed by atoms with Gasteiger partial charge in [0.15, 0.2) is 5.76 Å². The van der Waals surface area contributed by atoms with Crippen molar-refractivity contribution in [2.45, 2.75) is 13.1 Å². The molecule has 4 rings (SSSR count). The molecule has 0 radical (unpaired) electrons. The van der Waals surface area contributed by atoms with Crippen LogP contribution in [0.25, 0.3) is 11.3 Å². The lowest BCUT2D eigenvalue weighted by molar-refractivity contribution is 0.385. The summed E-state index contributed by atoms with van der Waals surface area (Å²) in [6.07, 6.45) is 0. The molecule has 2 aromatic carbocycles. The first-order valence-electron chi connectivity index (χ1n) is 9.51. The molecule has 158 valence electrons. The van der Waals surface area contributed by atoms with E-state index in [0.29, 0.717) is 17.0 Å². The molecule has 2 aromatic heterocycles. The second-order valence-corrected chi connectivity index (χ2v) is 7.11. The van der Waals surface area contributed by atoms with Gasteiger partial charge < -0.3 is 15.2 Å². The highest BCUT2D eigenvalue weighted by atomic mass is 19.1. The van der Waals surface area contributed by atoms with Crippen LogP contribution in [0.3, 0.4) is 0 Å². The lowest BCUT2D eigenvalue weighted by atomic mass is 10.1. The molecule has 0 amide bonds. The fourth-order valence-electron chi connectivity index (χ4n) is 3.33. The largest absolute Gasteiger partial charge is 0.383 e. The molecule has 0 aliphatic carbocycles. The first-order chi connectivity index (χ1) is 14.9. The summed E-state index contributed by atoms with van der Waals surface area (Å²) in [5, 5.41) is 4.00. The topological polar surface area (TPSA) is 110 Å². The summed E-state index contributed by atoms with van der Waals surface area (Å²) >= 11 is 0. The minimum atomic E-state index is -0.590. The third-order valence-corrected chi connectivity index (χ3v) is 4.87. The first kappa shape index (κ1) is 20.1. The molecule has 0 aliphatic rings. The van der Waals surface area contributed by atoms with Crippen LogP contribution in [0.5, 0.6) is 0 Å². The lowest BCUT2D eigenvalue weighted by Crippen LogP contribution is -2.37. The number of H-pyrrole nitrogens is 1. The van der Waals surface area contributed by atoms with Gasteiger partial charge in [0.2, 0.25) is 0 Å². The number of rotatable bonds is 6. The Hall–Kier alpha value is -4.14. The standard InChI is InChI=1S/C22H20FN5O3/c1-27(13-17-11-18(26-31-17)15-7-9-16(23)10-8-15)19-20(24)28(22(30)25-21(19)29)12-14-5-3-2-4-6-14/h2-11H,12-13,24H2,1H3,(H,25,29,30). The van der Waals surface area contributed by atoms with Crippen LogP contribution >= 0.6 is 0 Å². The zero-order valence-electron chi connectivity index (χ0n) is 16.7. The molecule has 0 aliphatic heterocycles. The summed E-state index contributed by atoms with van der Waals surface area (Å²) in [6, 6.07) is 16.9. The zero-order chi connectivity index (χ0) is 22.0. The molecule has 0 atom stereocenters. The SMILES string of the molecule is CN(Cc1cc(-c2ccc(F)cc2)no1)c1c(N)n(Cc2ccccc2)c(=O)[nH]c1=O. The van der Waals surface area contributed by atoms with Crippen molar-refractivity contribution in [1.82, 2.24) is 14.7 Å². The van der Waals surface area contributed by atoms with E-state index in [-0.39, 0.29) is 30.4 Å². The molecule has 0 bridgehead atoms. The molecular formula is C22H20FN5O3. The molecule has 0 spiro atoms. The van der Waals surface area contributed by atoms with E-state index in [1.165, 1.54) is 16.7 Å². The molecular weight excluding hydrogens is 401 g/mol. The molecule has 0 saturated carbocycles. The Morgan fingerprint density at radius 3 is 2.55 bits per heavy atom. The Morgan fingerprint density at radius 1 is 1.13 bits per heavy atom. The molecule has 3 N–H and O–H groups in total. The van der Waals surface area contributed by atoms with Crippen LogP contribution in [0.4, 0.5) is 15.9 Å². The number of hydrogen-bond donors (Lipinski definition) is 2. The molecule has 0 unspecified atom stereocenters. The molecule has 8 nitrogen and oxygen atoms in total. The van der Waals surface area contributed by atoms with Crippen molar-refractivity contribution in [2.24, 2.45) is 0 Å². The van der Waals surface area contributed by atoms with Gasteiger partial charge in [-0.15, -0.1) is 0 Å². The number of hydrogen-bond acceptors (Lipinski definition) is 6. The van der Waals surface area contributed by atoms with E-state index in [1.807, 2.05) is 30.3 Å². The summed E-state index contributed by atoms with van der Waals surface area (Å²) in [5.41, 5.74) is 7.31. The second kappa shape index (κ2) is 8.31. The number of nitrogens with zero attached hydrogens (tertiary/aromatic N) is 3. The van der Waals surface area contributed by atoms with Crippen molar-refractivity contribution in [2.75, 3.05) is 17.7 Å². The van der Waals surface area contributed by atoms with Crippen LogP contribution in [0, 0.1) is 5.82 Å². The number of anilines is 2. The second-order valence-electron chi connectivity index (χ2n) is 7.11. The molecule has 9 heteroatoms. The van der Waals surface area contributed by atoms with E-state index in [1.54, 1.807) is 30.1 Å². The highest BCUT2D eigenvalue weighted by Gasteiger charge is 2.18. The maximum absolute atomic E-state index is 13.1. The van der Waals surface area contributed by atoms with Gasteiger partial charge in [0.05, 0.1) is 13.1 Å². The van der Waals surface area contributed by atoms with E-state index in [9.17, 15) is 14.0 Å². The number of nitrogens with two attached hydrogens (primary N) is 1. The minimum absolute atomic E-state index is 0.0541. The third kappa shape index (κ3) is 4.25. The summed E-state index contributed by atoms with van der Waals surface area (Å²) in [5.74, 6) is 0.187. The van der Waals surface area contributed by atoms with Crippen LogP contribution < -0.4 is 21.9 Å². The van der Waals surface area contributed by atoms with E-state index >= 15 is 0 Å². The molecule has 0 saturated heterocycles. The smallest absolute Gasteiger partial charge is 0.330 e. The van der Waals surface area contributed by atoms with Crippen LogP contribution in [0.15, 0.2) is 74.8 Å². The van der Waals surface area contributed by atoms with Crippen LogP contribution in [0.2, 0.25) is 0 Å². The average Bonchev–Trinajstić information content (AvgIpc) is 3.20. The molecule has 0 fully saturated rings. The van der Waals surface area contributed by atoms with Crippen LogP contribution in [0.1, 0.15) is 11.3 Å². The number of halogens is 1. The minimum Gasteiger partial charge on any atom is -0.383 e. The fraction of sp³-hybridized carbons (Fsp3) is 0.136. The Balaban J connectivity index is 1.61. The maximum Gasteiger partial charge on any atom is 0.330 e. The van der Waals surface area contributed by atoms with E-state index in [2.05, 4.69) is 10.1 Å². The number of benzene rings is 2. The maximum atomic E-state index is 13.1. The number of aromatic amines is 1. The van der Waals surface area contributed by atoms with Gasteiger partial charge in [0, 0.05) is 18.7 Å². The summed E-state index contributed by atoms with van der Waals surface area (Å²) in [6.45, 7) is 0.408. The van der Waals surface area contributed by atoms with Gasteiger partial charge >= 0.3 is 5.69 Å². The average molecular weight is 421 g/mol. The molecule has 31 heavy (non-hydrogen) atoms. The normalized spacial score (nSPS) is 10.9. The van der Waals surface area contributed by atoms with Gasteiger partial charge in [-0.1, -0.05) is 35.5 Å². The third-order valence-electron chi connectivity index (χ3n) is 4.87. The predicted molar refractivity (Wildman–Crippen MR) is 115 cm³/mol. The Bertz CT molecular complexity index is 1310. The zero-order valence-corrected chi connectivity index (χ0v) is 16.7. The highest BCUT2D eigenvalue weighted by molar-refractivity contribution is 5.63. The van der Waals surface area contributed by atoms with E-state index in [0.717, 1.165) is 5.56 Å². The molecule has 4 aromatic rings. The Kier molecular flexibility index (Phi) is 5.40. The van der Waals surface area contributed by atoms with E-state index < -0.39 is 11.2 Å². The van der Waals surface area contributed by atoms with Gasteiger partial charge in [-0.3, -0.25) is 14.3 Å². The van der Waals surface area contributed by atoms with Crippen molar-refractivity contribution in [3.05, 3.63) is 98.6 Å². The van der Waals surface area contributed by atoms with Gasteiger partial charge in [0.1, 0.15) is 23.0 Å². The van der Waals surface area contributed by atoms with Crippen molar-refractivity contribution in [1.29, 1.82) is 0 Å². The van der Waals surface area contributed by atoms with Gasteiger partial charge in [0.25, 0.3) is 5.56 Å². The predicted octanol–water partition coefficient (Wildman–Crippen LogP) is 2.60. The van der Waals surface area contributed by atoms with Gasteiger partial charge in [-0.25, -0.2) is 9.18 Å². The summed E-state index contributed by atoms with van der Waals surface area (Å²) in [4.78, 5) is 28.7. The van der Waals surface area contributed by atoms with Crippen LogP contribution in [-0.2, 0) is 13.1 Å². The van der Waals surface area contributed by atoms with E-state index in [4.69, 9.17) is 10.3 Å². The van der Waals surface area contributed by atoms with Crippen molar-refractivity contribution < 1.29 is 8.91 Å². The van der Waals surface area contributed by atoms with Crippen LogP contribution in [-0.4, -0.2) is 21.8 Å². The Morgan fingerprint density at radius 2 is 1.84 bits per heavy atom. The first-order valence-corrected chi connectivity index (χ1v) is 9.51. The number of nitrogens with one attached hydrogen (secondary N) is 1. The summed E-state index contributed by atoms with van der Waals surface area (Å²) in [7, 11) is 1.67. The van der Waals surface area contributed by atoms with Crippen molar-refractivity contribution in [3.8, 4) is 11.3 Å². The highest BCUT2D eigenvalue weighted by Crippen LogP contribution is 2.22. The van der Waals surface area contributed by atoms with Crippen molar-refractivity contribution in [3.63, 3.8) is 0 Å². The number of nitrogen functional groups attached to an aromatic ring is 1. The lowest BCUT2D eigenvalue weighted by Gasteiger charge is -2.20. The quantitative estimate of drug-likeness (QED) is 0.495. The monoisotopic (exact) mass is 421 g/mol. The number of aromatic nitrogens is 3. The summed E-state index contributed by atoms with van der Waals surface area (Å²) < 4.78 is 19.8. The Labute approximate surface area is 176 Å². The van der Waals surface area contributed by atoms with Crippen molar-refractivity contribution >= 4 is 11.5 Å². The fourth-order valence-corrected chi connectivity index (χ4v) is 3.33.